The number of hydrogen-bond acceptors (Lipinski definition) is 8. The molecule has 0 spiro atoms. The third kappa shape index (κ3) is 7.94. The summed E-state index contributed by atoms with van der Waals surface area (Å²) < 4.78 is 5.29. The van der Waals surface area contributed by atoms with Crippen molar-refractivity contribution in [1.29, 1.82) is 0 Å². The molecule has 2 unspecified atom stereocenters. The third-order valence-corrected chi connectivity index (χ3v) is 8.63. The van der Waals surface area contributed by atoms with Gasteiger partial charge < -0.3 is 26.8 Å². The molecule has 0 saturated heterocycles. The number of pyridine rings is 1. The van der Waals surface area contributed by atoms with Crippen LogP contribution in [-0.2, 0) is 25.7 Å². The number of aromatic nitrogens is 3. The number of ether oxygens (including phenoxy) is 1. The number of nitrogens with one attached hydrogen (secondary N) is 2. The number of carbonyl (C=O) groups excluding carboxylic acids is 2. The van der Waals surface area contributed by atoms with Crippen molar-refractivity contribution in [3.8, 4) is 5.88 Å². The molecule has 1 fully saturated rings. The second-order valence-electron chi connectivity index (χ2n) is 12.3. The number of carbonyl (C=O) groups is 2. The number of nitrogens with two attached hydrogens (primary N) is 2. The molecule has 10 heteroatoms. The summed E-state index contributed by atoms with van der Waals surface area (Å²) in [7, 11) is 0. The van der Waals surface area contributed by atoms with E-state index in [1.54, 1.807) is 30.7 Å². The van der Waals surface area contributed by atoms with Gasteiger partial charge in [0.15, 0.2) is 0 Å². The first-order valence-electron chi connectivity index (χ1n) is 16.1. The van der Waals surface area contributed by atoms with Gasteiger partial charge in [0.25, 0.3) is 11.8 Å². The van der Waals surface area contributed by atoms with Crippen molar-refractivity contribution < 1.29 is 14.3 Å². The van der Waals surface area contributed by atoms with Crippen molar-refractivity contribution in [3.63, 3.8) is 0 Å². The van der Waals surface area contributed by atoms with Crippen molar-refractivity contribution >= 4 is 23.2 Å². The molecule has 7 rings (SSSR count). The van der Waals surface area contributed by atoms with E-state index in [9.17, 15) is 9.59 Å². The molecule has 0 bridgehead atoms. The van der Waals surface area contributed by atoms with Crippen LogP contribution in [-0.4, -0.2) is 45.5 Å². The van der Waals surface area contributed by atoms with Crippen molar-refractivity contribution in [3.05, 3.63) is 106 Å². The molecule has 2 amide bonds. The molecule has 238 valence electrons. The van der Waals surface area contributed by atoms with Crippen LogP contribution in [0.25, 0.3) is 0 Å². The quantitative estimate of drug-likeness (QED) is 0.226. The largest absolute Gasteiger partial charge is 0.478 e. The summed E-state index contributed by atoms with van der Waals surface area (Å²) in [6.45, 7) is 2.47. The van der Waals surface area contributed by atoms with E-state index in [0.29, 0.717) is 40.9 Å². The Hall–Kier alpha value is -4.67. The highest BCUT2D eigenvalue weighted by Crippen LogP contribution is 2.37. The predicted molar refractivity (Wildman–Crippen MR) is 178 cm³/mol. The summed E-state index contributed by atoms with van der Waals surface area (Å²) in [6, 6.07) is 15.7. The van der Waals surface area contributed by atoms with Crippen LogP contribution in [0, 0.1) is 0 Å². The Balaban J connectivity index is 0.000000162. The number of aryl methyl sites for hydroxylation is 2. The Morgan fingerprint density at radius 1 is 0.717 bits per heavy atom. The van der Waals surface area contributed by atoms with Crippen LogP contribution in [0.15, 0.2) is 67.1 Å². The highest BCUT2D eigenvalue weighted by molar-refractivity contribution is 6.05. The lowest BCUT2D eigenvalue weighted by Gasteiger charge is -2.21. The van der Waals surface area contributed by atoms with E-state index >= 15 is 0 Å². The maximum Gasteiger partial charge on any atom is 0.255 e. The Bertz CT molecular complexity index is 1690. The zero-order valence-electron chi connectivity index (χ0n) is 26.2. The van der Waals surface area contributed by atoms with E-state index in [4.69, 9.17) is 16.2 Å². The van der Waals surface area contributed by atoms with Crippen LogP contribution in [0.4, 0.5) is 11.4 Å². The summed E-state index contributed by atoms with van der Waals surface area (Å²) in [6.07, 6.45) is 12.9. The van der Waals surface area contributed by atoms with Crippen LogP contribution >= 0.6 is 0 Å². The van der Waals surface area contributed by atoms with E-state index in [0.717, 1.165) is 44.3 Å². The fraction of sp³-hybridized carbons (Fsp3) is 0.361. The Morgan fingerprint density at radius 3 is 1.76 bits per heavy atom. The van der Waals surface area contributed by atoms with E-state index < -0.39 is 0 Å². The van der Waals surface area contributed by atoms with Gasteiger partial charge in [0.1, 0.15) is 5.82 Å². The molecule has 2 heterocycles. The summed E-state index contributed by atoms with van der Waals surface area (Å²) in [4.78, 5) is 37.6. The first kappa shape index (κ1) is 31.3. The summed E-state index contributed by atoms with van der Waals surface area (Å²) in [5, 5.41) is 5.73. The first-order chi connectivity index (χ1) is 22.3. The Morgan fingerprint density at radius 2 is 1.26 bits per heavy atom. The van der Waals surface area contributed by atoms with Gasteiger partial charge in [-0.05, 0) is 111 Å². The van der Waals surface area contributed by atoms with E-state index in [1.807, 2.05) is 43.3 Å². The lowest BCUT2D eigenvalue weighted by atomic mass is 9.87. The summed E-state index contributed by atoms with van der Waals surface area (Å²) in [5.41, 5.74) is 19.6. The fourth-order valence-corrected chi connectivity index (χ4v) is 5.90. The van der Waals surface area contributed by atoms with Crippen LogP contribution in [0.1, 0.15) is 87.3 Å². The lowest BCUT2D eigenvalue weighted by Crippen LogP contribution is -2.28. The number of benzene rings is 2. The van der Waals surface area contributed by atoms with Crippen molar-refractivity contribution in [2.45, 2.75) is 76.3 Å². The van der Waals surface area contributed by atoms with Gasteiger partial charge in [0.05, 0.1) is 36.6 Å². The number of amides is 2. The molecule has 46 heavy (non-hydrogen) atoms. The van der Waals surface area contributed by atoms with Gasteiger partial charge in [0.2, 0.25) is 5.88 Å². The fourth-order valence-electron chi connectivity index (χ4n) is 5.90. The number of rotatable bonds is 7. The molecule has 6 N–H and O–H groups in total. The van der Waals surface area contributed by atoms with Gasteiger partial charge in [-0.1, -0.05) is 12.1 Å². The molecule has 1 saturated carbocycles. The number of fused-ring (bicyclic) bond motifs is 2. The minimum Gasteiger partial charge on any atom is -0.478 e. The molecule has 2 aromatic heterocycles. The highest BCUT2D eigenvalue weighted by Gasteiger charge is 2.26. The zero-order chi connectivity index (χ0) is 32.0. The summed E-state index contributed by atoms with van der Waals surface area (Å²) in [5.74, 6) is 1.70. The number of nitrogens with zero attached hydrogens (tertiary/aromatic N) is 3. The molecular formula is C36H41N7O3. The monoisotopic (exact) mass is 619 g/mol. The lowest BCUT2D eigenvalue weighted by molar-refractivity contribution is 0.101. The maximum atomic E-state index is 12.4. The second-order valence-corrected chi connectivity index (χ2v) is 12.3. The minimum atomic E-state index is -0.131. The van der Waals surface area contributed by atoms with Gasteiger partial charge in [-0.15, -0.1) is 0 Å². The van der Waals surface area contributed by atoms with Gasteiger partial charge in [-0.25, -0.2) is 15.0 Å². The van der Waals surface area contributed by atoms with Crippen molar-refractivity contribution in [2.24, 2.45) is 11.5 Å². The summed E-state index contributed by atoms with van der Waals surface area (Å²) >= 11 is 0. The third-order valence-electron chi connectivity index (χ3n) is 8.63. The average Bonchev–Trinajstić information content (AvgIpc) is 3.92. The van der Waals surface area contributed by atoms with Crippen LogP contribution in [0.5, 0.6) is 5.88 Å². The van der Waals surface area contributed by atoms with Crippen molar-refractivity contribution in [2.75, 3.05) is 17.2 Å². The van der Waals surface area contributed by atoms with Gasteiger partial charge >= 0.3 is 0 Å². The van der Waals surface area contributed by atoms with Crippen LogP contribution < -0.4 is 26.8 Å². The predicted octanol–water partition coefficient (Wildman–Crippen LogP) is 4.97. The molecule has 10 nitrogen and oxygen atoms in total. The molecular weight excluding hydrogens is 578 g/mol. The smallest absolute Gasteiger partial charge is 0.255 e. The van der Waals surface area contributed by atoms with Crippen LogP contribution in [0.2, 0.25) is 0 Å². The molecule has 3 aliphatic carbocycles. The number of anilines is 2. The Labute approximate surface area is 269 Å². The molecule has 0 radical (unpaired) electrons. The second kappa shape index (κ2) is 14.2. The molecule has 3 aliphatic rings. The van der Waals surface area contributed by atoms with E-state index in [-0.39, 0.29) is 23.9 Å². The normalized spacial score (nSPS) is 18.2. The number of hydrogen-bond donors (Lipinski definition) is 4. The Kier molecular flexibility index (Phi) is 9.65. The van der Waals surface area contributed by atoms with E-state index in [2.05, 4.69) is 25.6 Å². The van der Waals surface area contributed by atoms with Crippen molar-refractivity contribution in [1.82, 2.24) is 15.0 Å². The van der Waals surface area contributed by atoms with Gasteiger partial charge in [0, 0.05) is 35.2 Å². The molecule has 4 aromatic rings. The van der Waals surface area contributed by atoms with Gasteiger partial charge in [-0.3, -0.25) is 9.59 Å². The van der Waals surface area contributed by atoms with E-state index in [1.165, 1.54) is 35.1 Å². The molecule has 2 aromatic carbocycles. The first-order valence-corrected chi connectivity index (χ1v) is 16.1. The maximum absolute atomic E-state index is 12.4. The standard InChI is InChI=1S/C18H20N4O.C18H21N3O2/c19-15-6-5-12-7-14(4-3-13(12)8-15)18(23)22-16-9-20-17(21-10-16)11-1-2-11;1-2-23-17-8-7-16(11-20-17)21-18(22)14-4-3-13-10-15(19)6-5-12(13)9-14/h3-4,7,9-11,15H,1-2,5-6,8,19H2,(H,22,23);3-4,7-9,11,15H,2,5-6,10,19H2,1H3,(H,21,22). The average molecular weight is 620 g/mol. The SMILES string of the molecule is CCOc1ccc(NC(=O)c2ccc3c(c2)CCC(N)C3)cn1.NC1CCc2cc(C(=O)Nc3cnc(C4CC4)nc3)ccc2C1. The molecule has 2 atom stereocenters. The zero-order valence-corrected chi connectivity index (χ0v) is 26.2. The minimum absolute atomic E-state index is 0.120. The highest BCUT2D eigenvalue weighted by atomic mass is 16.5. The topological polar surface area (TPSA) is 158 Å². The van der Waals surface area contributed by atoms with Gasteiger partial charge in [-0.2, -0.15) is 0 Å². The molecule has 0 aliphatic heterocycles. The van der Waals surface area contributed by atoms with Crippen LogP contribution in [0.3, 0.4) is 0 Å².